The Kier molecular flexibility index (Phi) is 5.18. The molecule has 0 spiro atoms. The van der Waals surface area contributed by atoms with Crippen LogP contribution in [-0.2, 0) is 0 Å². The second-order valence-corrected chi connectivity index (χ2v) is 5.77. The first-order chi connectivity index (χ1) is 9.67. The Balaban J connectivity index is 2.19. The summed E-state index contributed by atoms with van der Waals surface area (Å²) in [5.41, 5.74) is 3.22. The lowest BCUT2D eigenvalue weighted by molar-refractivity contribution is 0.139. The number of pyridine rings is 1. The van der Waals surface area contributed by atoms with Gasteiger partial charge in [0.1, 0.15) is 0 Å². The van der Waals surface area contributed by atoms with Gasteiger partial charge in [-0.25, -0.2) is 4.98 Å². The quantitative estimate of drug-likeness (QED) is 0.818. The van der Waals surface area contributed by atoms with Crippen LogP contribution in [0.25, 0.3) is 5.52 Å². The molecule has 110 valence electrons. The molecule has 3 nitrogen and oxygen atoms in total. The van der Waals surface area contributed by atoms with E-state index in [1.165, 1.54) is 19.3 Å². The van der Waals surface area contributed by atoms with Crippen molar-refractivity contribution in [2.75, 3.05) is 0 Å². The molecule has 1 N–H and O–H groups in total. The number of imidazole rings is 1. The summed E-state index contributed by atoms with van der Waals surface area (Å²) in [4.78, 5) is 4.19. The number of aromatic nitrogens is 2. The maximum Gasteiger partial charge on any atom is 0.0992 e. The van der Waals surface area contributed by atoms with Crippen molar-refractivity contribution < 1.29 is 5.11 Å². The molecule has 2 atom stereocenters. The zero-order valence-corrected chi connectivity index (χ0v) is 12.8. The molecule has 2 unspecified atom stereocenters. The fourth-order valence-corrected chi connectivity index (χ4v) is 2.96. The third-order valence-electron chi connectivity index (χ3n) is 4.29. The minimum absolute atomic E-state index is 0.391. The van der Waals surface area contributed by atoms with Gasteiger partial charge in [-0.2, -0.15) is 0 Å². The number of unbranched alkanes of at least 4 members (excludes halogenated alkanes) is 1. The molecular formula is C17H26N2O. The molecule has 0 aromatic carbocycles. The zero-order chi connectivity index (χ0) is 14.5. The minimum atomic E-state index is -0.391. The molecule has 2 heterocycles. The Morgan fingerprint density at radius 2 is 2.15 bits per heavy atom. The number of fused-ring (bicyclic) bond motifs is 1. The molecule has 0 aliphatic heterocycles. The van der Waals surface area contributed by atoms with Gasteiger partial charge < -0.3 is 9.51 Å². The highest BCUT2D eigenvalue weighted by atomic mass is 16.3. The van der Waals surface area contributed by atoms with E-state index in [0.29, 0.717) is 5.92 Å². The Morgan fingerprint density at radius 3 is 2.85 bits per heavy atom. The Labute approximate surface area is 121 Å². The predicted molar refractivity (Wildman–Crippen MR) is 82.8 cm³/mol. The Bertz CT molecular complexity index is 547. The van der Waals surface area contributed by atoms with Crippen molar-refractivity contribution in [3.05, 3.63) is 35.9 Å². The van der Waals surface area contributed by atoms with Crippen LogP contribution in [0.4, 0.5) is 0 Å². The lowest BCUT2D eigenvalue weighted by Gasteiger charge is -2.21. The molecule has 0 saturated heterocycles. The van der Waals surface area contributed by atoms with Crippen LogP contribution in [0, 0.1) is 12.8 Å². The van der Waals surface area contributed by atoms with Crippen molar-refractivity contribution in [2.24, 2.45) is 5.92 Å². The van der Waals surface area contributed by atoms with Gasteiger partial charge in [-0.1, -0.05) is 39.5 Å². The molecule has 0 saturated carbocycles. The number of aliphatic hydroxyl groups is 1. The van der Waals surface area contributed by atoms with E-state index in [-0.39, 0.29) is 0 Å². The van der Waals surface area contributed by atoms with Gasteiger partial charge in [0.2, 0.25) is 0 Å². The van der Waals surface area contributed by atoms with Crippen molar-refractivity contribution in [3.63, 3.8) is 0 Å². The summed E-state index contributed by atoms with van der Waals surface area (Å²) in [5.74, 6) is 0.604. The van der Waals surface area contributed by atoms with E-state index < -0.39 is 6.10 Å². The van der Waals surface area contributed by atoms with E-state index in [1.807, 2.05) is 16.8 Å². The second kappa shape index (κ2) is 6.89. The minimum Gasteiger partial charge on any atom is -0.388 e. The number of aliphatic hydroxyl groups excluding tert-OH is 1. The second-order valence-electron chi connectivity index (χ2n) is 5.77. The average molecular weight is 274 g/mol. The predicted octanol–water partition coefficient (Wildman–Crippen LogP) is 4.28. The molecular weight excluding hydrogens is 248 g/mol. The van der Waals surface area contributed by atoms with Crippen LogP contribution in [0.1, 0.15) is 63.2 Å². The van der Waals surface area contributed by atoms with E-state index in [4.69, 9.17) is 0 Å². The first kappa shape index (κ1) is 15.0. The van der Waals surface area contributed by atoms with Crippen LogP contribution in [0.5, 0.6) is 0 Å². The number of hydrogen-bond donors (Lipinski definition) is 1. The molecule has 0 fully saturated rings. The topological polar surface area (TPSA) is 37.5 Å². The van der Waals surface area contributed by atoms with Crippen molar-refractivity contribution in [2.45, 2.75) is 59.0 Å². The number of hydrogen-bond acceptors (Lipinski definition) is 2. The van der Waals surface area contributed by atoms with Crippen molar-refractivity contribution in [1.29, 1.82) is 0 Å². The van der Waals surface area contributed by atoms with Crippen LogP contribution in [0.3, 0.4) is 0 Å². The standard InChI is InChI=1S/C17H26N2O/c1-4-6-7-14(5-2)10-16(20)17-13(3)8-9-19-12-18-11-15(17)19/h8-9,11-12,14,16,20H,4-7,10H2,1-3H3. The van der Waals surface area contributed by atoms with Crippen molar-refractivity contribution in [1.82, 2.24) is 9.38 Å². The van der Waals surface area contributed by atoms with Gasteiger partial charge in [-0.15, -0.1) is 0 Å². The normalized spacial score (nSPS) is 14.6. The maximum atomic E-state index is 10.7. The molecule has 0 amide bonds. The van der Waals surface area contributed by atoms with E-state index in [2.05, 4.69) is 31.8 Å². The average Bonchev–Trinajstić information content (AvgIpc) is 2.91. The van der Waals surface area contributed by atoms with Gasteiger partial charge in [-0.05, 0) is 30.9 Å². The maximum absolute atomic E-state index is 10.7. The largest absolute Gasteiger partial charge is 0.388 e. The summed E-state index contributed by atoms with van der Waals surface area (Å²) in [7, 11) is 0. The molecule has 0 bridgehead atoms. The van der Waals surface area contributed by atoms with E-state index in [0.717, 1.165) is 29.5 Å². The smallest absolute Gasteiger partial charge is 0.0992 e. The summed E-state index contributed by atoms with van der Waals surface area (Å²) >= 11 is 0. The summed E-state index contributed by atoms with van der Waals surface area (Å²) in [5, 5.41) is 10.7. The van der Waals surface area contributed by atoms with Gasteiger partial charge in [0.15, 0.2) is 0 Å². The first-order valence-electron chi connectivity index (χ1n) is 7.76. The first-order valence-corrected chi connectivity index (χ1v) is 7.76. The molecule has 0 radical (unpaired) electrons. The highest BCUT2D eigenvalue weighted by molar-refractivity contribution is 5.57. The Morgan fingerprint density at radius 1 is 1.35 bits per heavy atom. The van der Waals surface area contributed by atoms with Crippen molar-refractivity contribution in [3.8, 4) is 0 Å². The van der Waals surface area contributed by atoms with E-state index in [9.17, 15) is 5.11 Å². The van der Waals surface area contributed by atoms with Gasteiger partial charge in [-0.3, -0.25) is 0 Å². The van der Waals surface area contributed by atoms with E-state index in [1.54, 1.807) is 6.33 Å². The summed E-state index contributed by atoms with van der Waals surface area (Å²) in [6, 6.07) is 2.06. The van der Waals surface area contributed by atoms with Crippen LogP contribution < -0.4 is 0 Å². The van der Waals surface area contributed by atoms with Gasteiger partial charge in [0.25, 0.3) is 0 Å². The molecule has 0 aliphatic carbocycles. The molecule has 2 aromatic heterocycles. The molecule has 20 heavy (non-hydrogen) atoms. The fraction of sp³-hybridized carbons (Fsp3) is 0.588. The van der Waals surface area contributed by atoms with Gasteiger partial charge >= 0.3 is 0 Å². The highest BCUT2D eigenvalue weighted by Gasteiger charge is 2.19. The monoisotopic (exact) mass is 274 g/mol. The lowest BCUT2D eigenvalue weighted by Crippen LogP contribution is -2.09. The summed E-state index contributed by atoms with van der Waals surface area (Å²) in [6.45, 7) is 6.51. The summed E-state index contributed by atoms with van der Waals surface area (Å²) in [6.07, 6.45) is 10.9. The number of aryl methyl sites for hydroxylation is 1. The third-order valence-corrected chi connectivity index (χ3v) is 4.29. The van der Waals surface area contributed by atoms with Crippen LogP contribution in [0.2, 0.25) is 0 Å². The SMILES string of the molecule is CCCCC(CC)CC(O)c1c(C)ccn2cncc12. The van der Waals surface area contributed by atoms with Crippen LogP contribution >= 0.6 is 0 Å². The summed E-state index contributed by atoms with van der Waals surface area (Å²) < 4.78 is 1.98. The molecule has 0 aliphatic rings. The molecule has 2 aromatic rings. The zero-order valence-electron chi connectivity index (χ0n) is 12.8. The van der Waals surface area contributed by atoms with Gasteiger partial charge in [0.05, 0.1) is 24.1 Å². The van der Waals surface area contributed by atoms with E-state index >= 15 is 0 Å². The van der Waals surface area contributed by atoms with Crippen molar-refractivity contribution >= 4 is 5.52 Å². The molecule has 3 heteroatoms. The Hall–Kier alpha value is -1.35. The lowest BCUT2D eigenvalue weighted by atomic mass is 9.89. The van der Waals surface area contributed by atoms with Gasteiger partial charge in [0, 0.05) is 11.8 Å². The third kappa shape index (κ3) is 3.21. The highest BCUT2D eigenvalue weighted by Crippen LogP contribution is 2.30. The number of rotatable bonds is 7. The fourth-order valence-electron chi connectivity index (χ4n) is 2.96. The number of nitrogens with zero attached hydrogens (tertiary/aromatic N) is 2. The van der Waals surface area contributed by atoms with Crippen LogP contribution in [-0.4, -0.2) is 14.5 Å². The molecule has 2 rings (SSSR count). The van der Waals surface area contributed by atoms with Crippen LogP contribution in [0.15, 0.2) is 24.8 Å².